The smallest absolute Gasteiger partial charge is 0.251 e. The molecule has 2 aromatic carbocycles. The van der Waals surface area contributed by atoms with Gasteiger partial charge in [0.1, 0.15) is 17.4 Å². The van der Waals surface area contributed by atoms with Gasteiger partial charge < -0.3 is 16.2 Å². The predicted octanol–water partition coefficient (Wildman–Crippen LogP) is 2.23. The lowest BCUT2D eigenvalue weighted by Crippen LogP contribution is -2.25. The van der Waals surface area contributed by atoms with Gasteiger partial charge in [0.15, 0.2) is 0 Å². The number of anilines is 1. The Morgan fingerprint density at radius 3 is 2.43 bits per heavy atom. The average Bonchev–Trinajstić information content (AvgIpc) is 2.40. The zero-order chi connectivity index (χ0) is 15.4. The van der Waals surface area contributed by atoms with Gasteiger partial charge in [0, 0.05) is 18.2 Å². The summed E-state index contributed by atoms with van der Waals surface area (Å²) >= 11 is 0. The van der Waals surface area contributed by atoms with Crippen LogP contribution in [-0.2, 0) is 6.42 Å². The molecule has 0 saturated heterocycles. The minimum atomic E-state index is -0.653. The maximum absolute atomic E-state index is 13.0. The summed E-state index contributed by atoms with van der Waals surface area (Å²) in [6.07, 6.45) is 0.293. The Labute approximate surface area is 120 Å². The molecule has 0 bridgehead atoms. The number of amides is 1. The zero-order valence-corrected chi connectivity index (χ0v) is 11.1. The largest absolute Gasteiger partial charge is 0.506 e. The number of phenolic OH excluding ortho intramolecular Hbond substituents is 1. The van der Waals surface area contributed by atoms with E-state index >= 15 is 0 Å². The lowest BCUT2D eigenvalue weighted by Gasteiger charge is -2.07. The minimum absolute atomic E-state index is 0.171. The van der Waals surface area contributed by atoms with Crippen LogP contribution in [0.5, 0.6) is 5.75 Å². The normalized spacial score (nSPS) is 10.4. The van der Waals surface area contributed by atoms with Crippen LogP contribution in [0.1, 0.15) is 15.9 Å². The fourth-order valence-electron chi connectivity index (χ4n) is 1.86. The number of halogens is 2. The van der Waals surface area contributed by atoms with Crippen LogP contribution in [0.4, 0.5) is 14.5 Å². The molecule has 4 N–H and O–H groups in total. The monoisotopic (exact) mass is 292 g/mol. The molecule has 0 aromatic heterocycles. The van der Waals surface area contributed by atoms with Crippen LogP contribution >= 0.6 is 0 Å². The maximum Gasteiger partial charge on any atom is 0.251 e. The second kappa shape index (κ2) is 6.21. The Balaban J connectivity index is 1.93. The number of rotatable bonds is 4. The van der Waals surface area contributed by atoms with E-state index < -0.39 is 17.5 Å². The van der Waals surface area contributed by atoms with Crippen molar-refractivity contribution in [1.82, 2.24) is 5.32 Å². The molecule has 110 valence electrons. The van der Waals surface area contributed by atoms with Crippen LogP contribution in [0.2, 0.25) is 0 Å². The van der Waals surface area contributed by atoms with Crippen LogP contribution in [-0.4, -0.2) is 17.6 Å². The summed E-state index contributed by atoms with van der Waals surface area (Å²) in [5, 5.41) is 12.0. The van der Waals surface area contributed by atoms with E-state index in [1.165, 1.54) is 30.3 Å². The highest BCUT2D eigenvalue weighted by Gasteiger charge is 2.08. The number of phenols is 1. The first-order valence-corrected chi connectivity index (χ1v) is 6.27. The Kier molecular flexibility index (Phi) is 4.37. The van der Waals surface area contributed by atoms with Crippen molar-refractivity contribution in [1.29, 1.82) is 0 Å². The molecule has 6 heteroatoms. The number of aromatic hydroxyl groups is 1. The number of hydrogen-bond donors (Lipinski definition) is 3. The van der Waals surface area contributed by atoms with Crippen molar-refractivity contribution in [3.63, 3.8) is 0 Å². The molecule has 0 spiro atoms. The second-order valence-corrected chi connectivity index (χ2v) is 4.56. The summed E-state index contributed by atoms with van der Waals surface area (Å²) in [4.78, 5) is 11.8. The molecule has 2 aromatic rings. The number of benzene rings is 2. The molecule has 4 nitrogen and oxygen atoms in total. The Morgan fingerprint density at radius 1 is 1.14 bits per heavy atom. The van der Waals surface area contributed by atoms with E-state index in [0.29, 0.717) is 12.0 Å². The summed E-state index contributed by atoms with van der Waals surface area (Å²) in [6, 6.07) is 7.37. The first-order valence-electron chi connectivity index (χ1n) is 6.27. The van der Waals surface area contributed by atoms with E-state index in [4.69, 9.17) is 5.73 Å². The van der Waals surface area contributed by atoms with Crippen molar-refractivity contribution in [2.45, 2.75) is 6.42 Å². The summed E-state index contributed by atoms with van der Waals surface area (Å²) < 4.78 is 26.0. The SMILES string of the molecule is Nc1ccc(C(=O)NCCc2cc(F)cc(F)c2)cc1O. The molecule has 0 atom stereocenters. The Hall–Kier alpha value is -2.63. The topological polar surface area (TPSA) is 75.4 Å². The van der Waals surface area contributed by atoms with E-state index in [2.05, 4.69) is 5.32 Å². The van der Waals surface area contributed by atoms with Crippen LogP contribution in [0.15, 0.2) is 36.4 Å². The number of hydrogen-bond acceptors (Lipinski definition) is 3. The molecule has 0 heterocycles. The molecule has 0 aliphatic rings. The van der Waals surface area contributed by atoms with Gasteiger partial charge in [-0.3, -0.25) is 4.79 Å². The second-order valence-electron chi connectivity index (χ2n) is 4.56. The maximum atomic E-state index is 13.0. The first-order chi connectivity index (χ1) is 9.95. The van der Waals surface area contributed by atoms with Gasteiger partial charge >= 0.3 is 0 Å². The van der Waals surface area contributed by atoms with E-state index in [0.717, 1.165) is 6.07 Å². The fraction of sp³-hybridized carbons (Fsp3) is 0.133. The third-order valence-electron chi connectivity index (χ3n) is 2.91. The Bertz CT molecular complexity index is 654. The summed E-state index contributed by atoms with van der Waals surface area (Å²) in [5.41, 5.74) is 6.33. The van der Waals surface area contributed by atoms with Crippen molar-refractivity contribution < 1.29 is 18.7 Å². The van der Waals surface area contributed by atoms with Crippen molar-refractivity contribution in [2.75, 3.05) is 12.3 Å². The van der Waals surface area contributed by atoms with Gasteiger partial charge in [-0.2, -0.15) is 0 Å². The lowest BCUT2D eigenvalue weighted by atomic mass is 10.1. The highest BCUT2D eigenvalue weighted by atomic mass is 19.1. The zero-order valence-electron chi connectivity index (χ0n) is 11.1. The third kappa shape index (κ3) is 3.92. The first kappa shape index (κ1) is 14.8. The van der Waals surface area contributed by atoms with Gasteiger partial charge in [0.25, 0.3) is 5.91 Å². The average molecular weight is 292 g/mol. The van der Waals surface area contributed by atoms with Crippen molar-refractivity contribution in [3.05, 3.63) is 59.2 Å². The van der Waals surface area contributed by atoms with E-state index in [1.54, 1.807) is 0 Å². The highest BCUT2D eigenvalue weighted by molar-refractivity contribution is 5.95. The standard InChI is InChI=1S/C15H14F2N2O2/c16-11-5-9(6-12(17)8-11)3-4-19-15(21)10-1-2-13(18)14(20)7-10/h1-2,5-8,20H,3-4,18H2,(H,19,21). The molecule has 0 radical (unpaired) electrons. The fourth-order valence-corrected chi connectivity index (χ4v) is 1.86. The summed E-state index contributed by atoms with van der Waals surface area (Å²) in [5.74, 6) is -1.88. The Morgan fingerprint density at radius 2 is 1.81 bits per heavy atom. The molecule has 0 unspecified atom stereocenters. The number of carbonyl (C=O) groups excluding carboxylic acids is 1. The minimum Gasteiger partial charge on any atom is -0.506 e. The van der Waals surface area contributed by atoms with Crippen LogP contribution in [0.25, 0.3) is 0 Å². The molecule has 1 amide bonds. The number of nitrogens with one attached hydrogen (secondary N) is 1. The van der Waals surface area contributed by atoms with Crippen molar-refractivity contribution >= 4 is 11.6 Å². The van der Waals surface area contributed by atoms with E-state index in [-0.39, 0.29) is 23.5 Å². The van der Waals surface area contributed by atoms with Gasteiger partial charge in [-0.1, -0.05) is 0 Å². The molecule has 2 rings (SSSR count). The van der Waals surface area contributed by atoms with Crippen LogP contribution in [0.3, 0.4) is 0 Å². The number of nitrogens with two attached hydrogens (primary N) is 1. The van der Waals surface area contributed by atoms with Gasteiger partial charge in [0.05, 0.1) is 5.69 Å². The van der Waals surface area contributed by atoms with Gasteiger partial charge in [-0.25, -0.2) is 8.78 Å². The number of carbonyl (C=O) groups is 1. The van der Waals surface area contributed by atoms with Gasteiger partial charge in [-0.05, 0) is 42.3 Å². The molecule has 0 aliphatic heterocycles. The van der Waals surface area contributed by atoms with E-state index in [9.17, 15) is 18.7 Å². The van der Waals surface area contributed by atoms with Crippen LogP contribution < -0.4 is 11.1 Å². The van der Waals surface area contributed by atoms with Crippen molar-refractivity contribution in [2.24, 2.45) is 0 Å². The lowest BCUT2D eigenvalue weighted by molar-refractivity contribution is 0.0954. The number of nitrogen functional groups attached to an aromatic ring is 1. The highest BCUT2D eigenvalue weighted by Crippen LogP contribution is 2.20. The predicted molar refractivity (Wildman–Crippen MR) is 74.9 cm³/mol. The van der Waals surface area contributed by atoms with Crippen molar-refractivity contribution in [3.8, 4) is 5.75 Å². The molecule has 0 saturated carbocycles. The summed E-state index contributed by atoms with van der Waals surface area (Å²) in [6.45, 7) is 0.215. The molecule has 0 fully saturated rings. The van der Waals surface area contributed by atoms with E-state index in [1.807, 2.05) is 0 Å². The molecular formula is C15H14F2N2O2. The third-order valence-corrected chi connectivity index (χ3v) is 2.91. The molecule has 0 aliphatic carbocycles. The van der Waals surface area contributed by atoms with Crippen LogP contribution in [0, 0.1) is 11.6 Å². The molecular weight excluding hydrogens is 278 g/mol. The molecule has 21 heavy (non-hydrogen) atoms. The quantitative estimate of drug-likeness (QED) is 0.597. The van der Waals surface area contributed by atoms with Gasteiger partial charge in [0.2, 0.25) is 0 Å². The summed E-state index contributed by atoms with van der Waals surface area (Å²) in [7, 11) is 0. The van der Waals surface area contributed by atoms with Gasteiger partial charge in [-0.15, -0.1) is 0 Å².